The van der Waals surface area contributed by atoms with Crippen LogP contribution in [0, 0.1) is 0 Å². The average Bonchev–Trinajstić information content (AvgIpc) is 3.23. The molecule has 0 spiro atoms. The second-order valence-electron chi connectivity index (χ2n) is 6.44. The van der Waals surface area contributed by atoms with Gasteiger partial charge in [0, 0.05) is 36.8 Å². The summed E-state index contributed by atoms with van der Waals surface area (Å²) in [5, 5.41) is 1.25. The molecule has 2 aliphatic heterocycles. The molecule has 0 bridgehead atoms. The molecule has 1 aromatic carbocycles. The molecule has 2 unspecified atom stereocenters. The van der Waals surface area contributed by atoms with Crippen LogP contribution in [0.3, 0.4) is 0 Å². The molecule has 0 aliphatic carbocycles. The first-order valence-electron chi connectivity index (χ1n) is 8.29. The topological polar surface area (TPSA) is 45.3 Å². The number of benzene rings is 1. The van der Waals surface area contributed by atoms with Crippen molar-refractivity contribution in [2.45, 2.75) is 37.7 Å². The lowest BCUT2D eigenvalue weighted by molar-refractivity contribution is -0.142. The molecule has 0 saturated carbocycles. The molecule has 2 saturated heterocycles. The number of ether oxygens (including phenoxy) is 1. The van der Waals surface area contributed by atoms with Crippen LogP contribution in [0.2, 0.25) is 0 Å². The summed E-state index contributed by atoms with van der Waals surface area (Å²) in [5.74, 6) is 0.602. The van der Waals surface area contributed by atoms with Gasteiger partial charge in [0.1, 0.15) is 6.10 Å². The lowest BCUT2D eigenvalue weighted by atomic mass is 9.94. The largest absolute Gasteiger partial charge is 0.368 e. The summed E-state index contributed by atoms with van der Waals surface area (Å²) in [6, 6.07) is 10.6. The van der Waals surface area contributed by atoms with Crippen LogP contribution >= 0.6 is 0 Å². The first-order chi connectivity index (χ1) is 10.8. The summed E-state index contributed by atoms with van der Waals surface area (Å²) in [7, 11) is 0. The number of amides is 1. The van der Waals surface area contributed by atoms with Gasteiger partial charge in [0.05, 0.1) is 0 Å². The molecule has 1 amide bonds. The number of para-hydroxylation sites is 1. The molecule has 2 aliphatic rings. The zero-order valence-corrected chi connectivity index (χ0v) is 12.8. The van der Waals surface area contributed by atoms with E-state index < -0.39 is 0 Å². The number of rotatable bonds is 2. The van der Waals surface area contributed by atoms with Crippen molar-refractivity contribution in [3.05, 3.63) is 36.0 Å². The van der Waals surface area contributed by atoms with E-state index >= 15 is 0 Å². The summed E-state index contributed by atoms with van der Waals surface area (Å²) in [5.41, 5.74) is 2.44. The van der Waals surface area contributed by atoms with Crippen LogP contribution in [0.15, 0.2) is 30.3 Å². The number of nitrogens with one attached hydrogen (secondary N) is 1. The Morgan fingerprint density at radius 2 is 2.14 bits per heavy atom. The standard InChI is InChI=1S/C18H22N2O2/c21-18(17-8-4-10-22-17)20-9-3-6-14(12-20)16-11-13-5-1-2-7-15(13)19-16/h1-2,5,7,11,14,17,19H,3-4,6,8-10,12H2. The highest BCUT2D eigenvalue weighted by atomic mass is 16.5. The molecule has 4 rings (SSSR count). The third-order valence-electron chi connectivity index (χ3n) is 4.93. The van der Waals surface area contributed by atoms with Crippen LogP contribution in [0.5, 0.6) is 0 Å². The van der Waals surface area contributed by atoms with Gasteiger partial charge < -0.3 is 14.6 Å². The van der Waals surface area contributed by atoms with Crippen molar-refractivity contribution in [2.75, 3.05) is 19.7 Å². The van der Waals surface area contributed by atoms with Gasteiger partial charge in [-0.05, 0) is 43.2 Å². The molecule has 2 aromatic rings. The highest BCUT2D eigenvalue weighted by Crippen LogP contribution is 2.30. The quantitative estimate of drug-likeness (QED) is 0.926. The van der Waals surface area contributed by atoms with Gasteiger partial charge in [-0.25, -0.2) is 0 Å². The second kappa shape index (κ2) is 5.76. The van der Waals surface area contributed by atoms with Crippen LogP contribution in [-0.2, 0) is 9.53 Å². The van der Waals surface area contributed by atoms with Crippen LogP contribution < -0.4 is 0 Å². The minimum atomic E-state index is -0.193. The molecule has 4 heteroatoms. The fraction of sp³-hybridized carbons (Fsp3) is 0.500. The molecule has 22 heavy (non-hydrogen) atoms. The first kappa shape index (κ1) is 13.8. The van der Waals surface area contributed by atoms with Gasteiger partial charge in [0.15, 0.2) is 0 Å². The third-order valence-corrected chi connectivity index (χ3v) is 4.93. The molecule has 116 valence electrons. The van der Waals surface area contributed by atoms with Crippen molar-refractivity contribution in [2.24, 2.45) is 0 Å². The minimum Gasteiger partial charge on any atom is -0.368 e. The summed E-state index contributed by atoms with van der Waals surface area (Å²) >= 11 is 0. The molecule has 1 N–H and O–H groups in total. The first-order valence-corrected chi connectivity index (χ1v) is 8.29. The van der Waals surface area contributed by atoms with Gasteiger partial charge in [-0.3, -0.25) is 4.79 Å². The Kier molecular flexibility index (Phi) is 3.62. The number of aromatic amines is 1. The number of piperidine rings is 1. The van der Waals surface area contributed by atoms with Crippen molar-refractivity contribution in [1.82, 2.24) is 9.88 Å². The van der Waals surface area contributed by atoms with Gasteiger partial charge in [-0.2, -0.15) is 0 Å². The van der Waals surface area contributed by atoms with E-state index in [4.69, 9.17) is 4.74 Å². The van der Waals surface area contributed by atoms with E-state index in [9.17, 15) is 4.79 Å². The van der Waals surface area contributed by atoms with Crippen molar-refractivity contribution in [3.8, 4) is 0 Å². The molecular weight excluding hydrogens is 276 g/mol. The van der Waals surface area contributed by atoms with Gasteiger partial charge >= 0.3 is 0 Å². The Balaban J connectivity index is 1.51. The molecule has 2 atom stereocenters. The molecule has 2 fully saturated rings. The monoisotopic (exact) mass is 298 g/mol. The van der Waals surface area contributed by atoms with E-state index in [-0.39, 0.29) is 12.0 Å². The van der Waals surface area contributed by atoms with Gasteiger partial charge in [-0.1, -0.05) is 18.2 Å². The fourth-order valence-electron chi connectivity index (χ4n) is 3.72. The lowest BCUT2D eigenvalue weighted by Gasteiger charge is -2.33. The van der Waals surface area contributed by atoms with Gasteiger partial charge in [-0.15, -0.1) is 0 Å². The SMILES string of the molecule is O=C(C1CCCO1)N1CCCC(c2cc3ccccc3[nH]2)C1. The Bertz CT molecular complexity index is 640. The van der Waals surface area contributed by atoms with Gasteiger partial charge in [0.2, 0.25) is 0 Å². The smallest absolute Gasteiger partial charge is 0.251 e. The third kappa shape index (κ3) is 2.52. The molecular formula is C18H22N2O2. The molecule has 3 heterocycles. The van der Waals surface area contributed by atoms with Crippen LogP contribution in [0.1, 0.15) is 37.3 Å². The maximum absolute atomic E-state index is 12.5. The van der Waals surface area contributed by atoms with Crippen LogP contribution in [0.4, 0.5) is 0 Å². The van der Waals surface area contributed by atoms with E-state index in [2.05, 4.69) is 35.3 Å². The number of carbonyl (C=O) groups is 1. The summed E-state index contributed by atoms with van der Waals surface area (Å²) in [4.78, 5) is 18.1. The maximum Gasteiger partial charge on any atom is 0.251 e. The number of carbonyl (C=O) groups excluding carboxylic acids is 1. The minimum absolute atomic E-state index is 0.193. The van der Waals surface area contributed by atoms with E-state index in [0.717, 1.165) is 45.4 Å². The van der Waals surface area contributed by atoms with Crippen molar-refractivity contribution in [1.29, 1.82) is 0 Å². The number of hydrogen-bond acceptors (Lipinski definition) is 2. The average molecular weight is 298 g/mol. The number of aromatic nitrogens is 1. The summed E-state index contributed by atoms with van der Waals surface area (Å²) < 4.78 is 5.56. The molecule has 4 nitrogen and oxygen atoms in total. The highest BCUT2D eigenvalue weighted by Gasteiger charge is 2.32. The highest BCUT2D eigenvalue weighted by molar-refractivity contribution is 5.82. The van der Waals surface area contributed by atoms with E-state index in [1.807, 2.05) is 4.90 Å². The van der Waals surface area contributed by atoms with E-state index in [1.54, 1.807) is 0 Å². The van der Waals surface area contributed by atoms with Crippen molar-refractivity contribution >= 4 is 16.8 Å². The number of hydrogen-bond donors (Lipinski definition) is 1. The van der Waals surface area contributed by atoms with Crippen molar-refractivity contribution in [3.63, 3.8) is 0 Å². The second-order valence-corrected chi connectivity index (χ2v) is 6.44. The number of nitrogens with zero attached hydrogens (tertiary/aromatic N) is 1. The fourth-order valence-corrected chi connectivity index (χ4v) is 3.72. The number of likely N-dealkylation sites (tertiary alicyclic amines) is 1. The summed E-state index contributed by atoms with van der Waals surface area (Å²) in [6.45, 7) is 2.41. The van der Waals surface area contributed by atoms with E-state index in [1.165, 1.54) is 16.6 Å². The zero-order chi connectivity index (χ0) is 14.9. The summed E-state index contributed by atoms with van der Waals surface area (Å²) in [6.07, 6.45) is 3.91. The van der Waals surface area contributed by atoms with Crippen LogP contribution in [0.25, 0.3) is 10.9 Å². The predicted octanol–water partition coefficient (Wildman–Crippen LogP) is 3.05. The van der Waals surface area contributed by atoms with Crippen molar-refractivity contribution < 1.29 is 9.53 Å². The maximum atomic E-state index is 12.5. The predicted molar refractivity (Wildman–Crippen MR) is 85.8 cm³/mol. The zero-order valence-electron chi connectivity index (χ0n) is 12.8. The lowest BCUT2D eigenvalue weighted by Crippen LogP contribution is -2.44. The number of fused-ring (bicyclic) bond motifs is 1. The van der Waals surface area contributed by atoms with E-state index in [0.29, 0.717) is 5.92 Å². The normalized spacial score (nSPS) is 25.7. The Hall–Kier alpha value is -1.81. The Morgan fingerprint density at radius 1 is 1.23 bits per heavy atom. The van der Waals surface area contributed by atoms with Crippen LogP contribution in [-0.4, -0.2) is 41.6 Å². The Labute approximate surface area is 130 Å². The Morgan fingerprint density at radius 3 is 2.95 bits per heavy atom. The number of H-pyrrole nitrogens is 1. The molecule has 0 radical (unpaired) electrons. The van der Waals surface area contributed by atoms with Gasteiger partial charge in [0.25, 0.3) is 5.91 Å². The molecule has 1 aromatic heterocycles.